The van der Waals surface area contributed by atoms with Crippen molar-refractivity contribution in [3.05, 3.63) is 35.7 Å². The van der Waals surface area contributed by atoms with E-state index in [-0.39, 0.29) is 0 Å². The van der Waals surface area contributed by atoms with Gasteiger partial charge in [-0.3, -0.25) is 0 Å². The van der Waals surface area contributed by atoms with Crippen molar-refractivity contribution in [3.8, 4) is 11.4 Å². The number of ether oxygens (including phenoxy) is 1. The lowest BCUT2D eigenvalue weighted by Gasteiger charge is -2.07. The summed E-state index contributed by atoms with van der Waals surface area (Å²) in [6.07, 6.45) is 3.71. The Morgan fingerprint density at radius 1 is 1.39 bits per heavy atom. The maximum atomic E-state index is 5.67. The molecular formula is C13H16ClN3O. The number of halogens is 1. The van der Waals surface area contributed by atoms with Gasteiger partial charge in [0.1, 0.15) is 5.75 Å². The van der Waals surface area contributed by atoms with Crippen molar-refractivity contribution >= 4 is 11.6 Å². The van der Waals surface area contributed by atoms with Crippen LogP contribution in [0.4, 0.5) is 0 Å². The molecule has 2 aromatic rings. The third kappa shape index (κ3) is 2.82. The van der Waals surface area contributed by atoms with Crippen molar-refractivity contribution in [2.45, 2.75) is 19.8 Å². The van der Waals surface area contributed by atoms with Crippen molar-refractivity contribution < 1.29 is 4.74 Å². The summed E-state index contributed by atoms with van der Waals surface area (Å²) in [5.74, 6) is 1.46. The minimum atomic E-state index is 0.644. The van der Waals surface area contributed by atoms with Crippen molar-refractivity contribution in [2.24, 2.45) is 0 Å². The summed E-state index contributed by atoms with van der Waals surface area (Å²) in [5, 5.41) is 8.28. The molecule has 0 aliphatic rings. The van der Waals surface area contributed by atoms with Gasteiger partial charge in [-0.2, -0.15) is 0 Å². The van der Waals surface area contributed by atoms with Gasteiger partial charge in [-0.1, -0.05) is 11.3 Å². The van der Waals surface area contributed by atoms with E-state index in [2.05, 4.69) is 10.3 Å². The van der Waals surface area contributed by atoms with Gasteiger partial charge >= 0.3 is 0 Å². The van der Waals surface area contributed by atoms with Gasteiger partial charge < -0.3 is 4.74 Å². The third-order valence-electron chi connectivity index (χ3n) is 2.77. The third-order valence-corrected chi connectivity index (χ3v) is 3.04. The van der Waals surface area contributed by atoms with Gasteiger partial charge in [-0.05, 0) is 31.4 Å². The summed E-state index contributed by atoms with van der Waals surface area (Å²) in [5.41, 5.74) is 3.07. The van der Waals surface area contributed by atoms with Crippen LogP contribution in [0.15, 0.2) is 24.4 Å². The second-order valence-corrected chi connectivity index (χ2v) is 4.48. The lowest BCUT2D eigenvalue weighted by Crippen LogP contribution is -1.98. The second-order valence-electron chi connectivity index (χ2n) is 4.10. The molecule has 0 radical (unpaired) electrons. The Morgan fingerprint density at radius 2 is 2.22 bits per heavy atom. The van der Waals surface area contributed by atoms with Crippen molar-refractivity contribution in [1.82, 2.24) is 15.0 Å². The maximum Gasteiger partial charge on any atom is 0.121 e. The average molecular weight is 266 g/mol. The fourth-order valence-corrected chi connectivity index (χ4v) is 1.88. The molecule has 4 nitrogen and oxygen atoms in total. The van der Waals surface area contributed by atoms with Gasteiger partial charge in [0.15, 0.2) is 0 Å². The smallest absolute Gasteiger partial charge is 0.121 e. The Balaban J connectivity index is 2.27. The Kier molecular flexibility index (Phi) is 4.20. The minimum absolute atomic E-state index is 0.644. The summed E-state index contributed by atoms with van der Waals surface area (Å²) in [4.78, 5) is 0. The molecule has 5 heteroatoms. The van der Waals surface area contributed by atoms with Crippen LogP contribution in [0.1, 0.15) is 17.7 Å². The fourth-order valence-electron chi connectivity index (χ4n) is 1.74. The lowest BCUT2D eigenvalue weighted by molar-refractivity contribution is 0.414. The number of hydrogen-bond donors (Lipinski definition) is 0. The van der Waals surface area contributed by atoms with E-state index in [4.69, 9.17) is 16.3 Å². The first-order valence-electron chi connectivity index (χ1n) is 5.87. The highest BCUT2D eigenvalue weighted by atomic mass is 35.5. The van der Waals surface area contributed by atoms with Crippen LogP contribution in [0.5, 0.6) is 5.75 Å². The zero-order valence-corrected chi connectivity index (χ0v) is 11.3. The molecule has 0 aliphatic carbocycles. The quantitative estimate of drug-likeness (QED) is 0.781. The van der Waals surface area contributed by atoms with E-state index >= 15 is 0 Å². The number of rotatable bonds is 5. The maximum absolute atomic E-state index is 5.67. The molecule has 0 amide bonds. The molecule has 0 saturated heterocycles. The highest BCUT2D eigenvalue weighted by Gasteiger charge is 2.06. The topological polar surface area (TPSA) is 39.9 Å². The predicted molar refractivity (Wildman–Crippen MR) is 71.7 cm³/mol. The van der Waals surface area contributed by atoms with Crippen LogP contribution < -0.4 is 4.74 Å². The summed E-state index contributed by atoms with van der Waals surface area (Å²) >= 11 is 5.67. The molecular weight excluding hydrogens is 250 g/mol. The van der Waals surface area contributed by atoms with Crippen molar-refractivity contribution in [3.63, 3.8) is 0 Å². The van der Waals surface area contributed by atoms with Gasteiger partial charge in [0.25, 0.3) is 0 Å². The Morgan fingerprint density at radius 3 is 2.94 bits per heavy atom. The first-order chi connectivity index (χ1) is 8.74. The van der Waals surface area contributed by atoms with Gasteiger partial charge in [-0.15, -0.1) is 16.7 Å². The molecule has 1 aromatic heterocycles. The lowest BCUT2D eigenvalue weighted by atomic mass is 10.2. The van der Waals surface area contributed by atoms with Crippen LogP contribution in [0, 0.1) is 6.92 Å². The first kappa shape index (κ1) is 12.9. The van der Waals surface area contributed by atoms with E-state index < -0.39 is 0 Å². The Labute approximate surface area is 112 Å². The SMILES string of the molecule is COc1ccc(C)c(-n2cc(CCCCl)nn2)c1. The summed E-state index contributed by atoms with van der Waals surface area (Å²) in [6.45, 7) is 2.04. The average Bonchev–Trinajstić information content (AvgIpc) is 2.85. The largest absolute Gasteiger partial charge is 0.497 e. The van der Waals surface area contributed by atoms with Crippen molar-refractivity contribution in [1.29, 1.82) is 0 Å². The number of hydrogen-bond acceptors (Lipinski definition) is 3. The number of aromatic nitrogens is 3. The molecule has 2 rings (SSSR count). The molecule has 0 spiro atoms. The number of alkyl halides is 1. The zero-order chi connectivity index (χ0) is 13.0. The number of methoxy groups -OCH3 is 1. The molecule has 0 N–H and O–H groups in total. The van der Waals surface area contributed by atoms with Gasteiger partial charge in [0.05, 0.1) is 24.7 Å². The molecule has 18 heavy (non-hydrogen) atoms. The van der Waals surface area contributed by atoms with E-state index in [1.807, 2.05) is 31.3 Å². The van der Waals surface area contributed by atoms with Gasteiger partial charge in [-0.25, -0.2) is 4.68 Å². The van der Waals surface area contributed by atoms with E-state index in [1.165, 1.54) is 0 Å². The number of benzene rings is 1. The zero-order valence-electron chi connectivity index (χ0n) is 10.6. The van der Waals surface area contributed by atoms with Crippen LogP contribution in [0.2, 0.25) is 0 Å². The molecule has 96 valence electrons. The molecule has 0 saturated carbocycles. The molecule has 0 unspecified atom stereocenters. The van der Waals surface area contributed by atoms with Crippen LogP contribution in [0.3, 0.4) is 0 Å². The summed E-state index contributed by atoms with van der Waals surface area (Å²) in [7, 11) is 1.65. The van der Waals surface area contributed by atoms with E-state index in [0.29, 0.717) is 5.88 Å². The van der Waals surface area contributed by atoms with Crippen LogP contribution in [0.25, 0.3) is 5.69 Å². The molecule has 0 bridgehead atoms. The van der Waals surface area contributed by atoms with Crippen LogP contribution in [-0.4, -0.2) is 28.0 Å². The Bertz CT molecular complexity index is 525. The predicted octanol–water partition coefficient (Wildman–Crippen LogP) is 2.76. The normalized spacial score (nSPS) is 10.6. The monoisotopic (exact) mass is 265 g/mol. The number of aryl methyl sites for hydroxylation is 2. The molecule has 0 aliphatic heterocycles. The van der Waals surface area contributed by atoms with Gasteiger partial charge in [0, 0.05) is 11.9 Å². The fraction of sp³-hybridized carbons (Fsp3) is 0.385. The minimum Gasteiger partial charge on any atom is -0.497 e. The first-order valence-corrected chi connectivity index (χ1v) is 6.40. The Hall–Kier alpha value is -1.55. The van der Waals surface area contributed by atoms with E-state index in [1.54, 1.807) is 11.8 Å². The van der Waals surface area contributed by atoms with Crippen molar-refractivity contribution in [2.75, 3.05) is 13.0 Å². The molecule has 1 heterocycles. The number of nitrogens with zero attached hydrogens (tertiary/aromatic N) is 3. The summed E-state index contributed by atoms with van der Waals surface area (Å²) in [6, 6.07) is 5.90. The summed E-state index contributed by atoms with van der Waals surface area (Å²) < 4.78 is 7.00. The second kappa shape index (κ2) is 5.87. The van der Waals surface area contributed by atoms with Crippen LogP contribution in [-0.2, 0) is 6.42 Å². The van der Waals surface area contributed by atoms with E-state index in [9.17, 15) is 0 Å². The van der Waals surface area contributed by atoms with E-state index in [0.717, 1.165) is 35.5 Å². The standard InChI is InChI=1S/C13H16ClN3O/c1-10-5-6-12(18-2)8-13(10)17-9-11(15-16-17)4-3-7-14/h5-6,8-9H,3-4,7H2,1-2H3. The van der Waals surface area contributed by atoms with Crippen LogP contribution >= 0.6 is 11.6 Å². The van der Waals surface area contributed by atoms with Gasteiger partial charge in [0.2, 0.25) is 0 Å². The highest BCUT2D eigenvalue weighted by molar-refractivity contribution is 6.17. The molecule has 0 atom stereocenters. The molecule has 1 aromatic carbocycles. The highest BCUT2D eigenvalue weighted by Crippen LogP contribution is 2.20. The molecule has 0 fully saturated rings.